The van der Waals surface area contributed by atoms with Gasteiger partial charge in [0.05, 0.1) is 49.3 Å². The lowest BCUT2D eigenvalue weighted by molar-refractivity contribution is -0.145. The Bertz CT molecular complexity index is 1750. The summed E-state index contributed by atoms with van der Waals surface area (Å²) >= 11 is 11.0. The zero-order valence-electron chi connectivity index (χ0n) is 23.5. The van der Waals surface area contributed by atoms with E-state index in [4.69, 9.17) is 35.3 Å². The van der Waals surface area contributed by atoms with Gasteiger partial charge < -0.3 is 23.7 Å². The number of fused-ring (bicyclic) bond motifs is 1. The van der Waals surface area contributed by atoms with Crippen LogP contribution in [0.3, 0.4) is 0 Å². The fourth-order valence-electron chi connectivity index (χ4n) is 4.41. The van der Waals surface area contributed by atoms with Crippen LogP contribution in [0.15, 0.2) is 55.9 Å². The maximum atomic E-state index is 14.1. The minimum atomic E-state index is -0.893. The van der Waals surface area contributed by atoms with E-state index in [1.807, 2.05) is 0 Å². The predicted molar refractivity (Wildman–Crippen MR) is 161 cm³/mol. The Balaban J connectivity index is 1.93. The summed E-state index contributed by atoms with van der Waals surface area (Å²) in [6.45, 7) is 5.16. The van der Waals surface area contributed by atoms with Gasteiger partial charge >= 0.3 is 11.9 Å². The molecular weight excluding hydrogens is 652 g/mol. The number of ether oxygens (including phenoxy) is 5. The number of halogens is 2. The highest BCUT2D eigenvalue weighted by Gasteiger charge is 2.35. The fraction of sp³-hybridized carbons (Fsp3) is 0.310. The van der Waals surface area contributed by atoms with Gasteiger partial charge in [0, 0.05) is 15.1 Å². The summed E-state index contributed by atoms with van der Waals surface area (Å²) in [5.74, 6) is 0.0959. The van der Waals surface area contributed by atoms with Crippen molar-refractivity contribution in [1.29, 1.82) is 0 Å². The van der Waals surface area contributed by atoms with Crippen LogP contribution < -0.4 is 29.1 Å². The maximum Gasteiger partial charge on any atom is 0.344 e. The van der Waals surface area contributed by atoms with Crippen molar-refractivity contribution in [3.8, 4) is 17.2 Å². The average molecular weight is 680 g/mol. The highest BCUT2D eigenvalue weighted by atomic mass is 79.9. The molecule has 1 aliphatic heterocycles. The molecule has 0 saturated heterocycles. The molecule has 13 heteroatoms. The molecule has 0 aliphatic carbocycles. The Morgan fingerprint density at radius 3 is 2.43 bits per heavy atom. The van der Waals surface area contributed by atoms with Crippen molar-refractivity contribution in [2.24, 2.45) is 4.99 Å². The molecule has 3 aromatic rings. The molecule has 1 aliphatic rings. The molecule has 0 fully saturated rings. The third-order valence-electron chi connectivity index (χ3n) is 6.22. The van der Waals surface area contributed by atoms with E-state index in [0.717, 1.165) is 11.3 Å². The van der Waals surface area contributed by atoms with Crippen LogP contribution in [0.5, 0.6) is 17.2 Å². The van der Waals surface area contributed by atoms with Crippen molar-refractivity contribution in [1.82, 2.24) is 4.57 Å². The van der Waals surface area contributed by atoms with E-state index in [0.29, 0.717) is 52.9 Å². The van der Waals surface area contributed by atoms with Crippen molar-refractivity contribution < 1.29 is 33.3 Å². The standard InChI is InChI=1S/C29H28BrClN2O8S/c1-6-39-24(34)14-41-20-9-8-17(31)10-16(20)11-23-27(35)33-26(18-12-21(37-4)22(38-5)13-19(18)30)25(28(36)40-7-2)15(3)32-29(33)42-23/h8-13,26H,6-7,14H2,1-5H3/b23-11-/t26-/m1/s1. The Morgan fingerprint density at radius 1 is 1.07 bits per heavy atom. The molecule has 1 aromatic heterocycles. The number of nitrogens with zero attached hydrogens (tertiary/aromatic N) is 2. The molecule has 0 amide bonds. The molecule has 0 saturated carbocycles. The lowest BCUT2D eigenvalue weighted by atomic mass is 9.95. The number of benzene rings is 2. The van der Waals surface area contributed by atoms with Crippen molar-refractivity contribution in [2.45, 2.75) is 26.8 Å². The monoisotopic (exact) mass is 678 g/mol. The van der Waals surface area contributed by atoms with E-state index < -0.39 is 23.5 Å². The number of allylic oxidation sites excluding steroid dienone is 1. The van der Waals surface area contributed by atoms with Gasteiger partial charge in [0.1, 0.15) is 5.75 Å². The molecule has 0 N–H and O–H groups in total. The molecule has 0 radical (unpaired) electrons. The lowest BCUT2D eigenvalue weighted by Gasteiger charge is -2.26. The highest BCUT2D eigenvalue weighted by molar-refractivity contribution is 9.10. The van der Waals surface area contributed by atoms with Crippen LogP contribution in [0.4, 0.5) is 0 Å². The molecule has 2 aromatic carbocycles. The maximum absolute atomic E-state index is 14.1. The fourth-order valence-corrected chi connectivity index (χ4v) is 6.17. The number of hydrogen-bond donors (Lipinski definition) is 0. The van der Waals surface area contributed by atoms with Gasteiger partial charge in [-0.05, 0) is 62.7 Å². The zero-order chi connectivity index (χ0) is 30.6. The number of hydrogen-bond acceptors (Lipinski definition) is 10. The number of rotatable bonds is 10. The number of thiazole rings is 1. The molecule has 222 valence electrons. The van der Waals surface area contributed by atoms with E-state index in [2.05, 4.69) is 20.9 Å². The number of aromatic nitrogens is 1. The SMILES string of the molecule is CCOC(=O)COc1ccc(Cl)cc1/C=c1\sc2n(c1=O)[C@H](c1cc(OC)c(OC)cc1Br)C(C(=O)OCC)=C(C)N=2. The van der Waals surface area contributed by atoms with Gasteiger partial charge in [-0.25, -0.2) is 14.6 Å². The largest absolute Gasteiger partial charge is 0.493 e. The molecule has 1 atom stereocenters. The lowest BCUT2D eigenvalue weighted by Crippen LogP contribution is -2.40. The Morgan fingerprint density at radius 2 is 1.76 bits per heavy atom. The smallest absolute Gasteiger partial charge is 0.344 e. The van der Waals surface area contributed by atoms with Gasteiger partial charge in [0.15, 0.2) is 22.9 Å². The quantitative estimate of drug-likeness (QED) is 0.294. The van der Waals surface area contributed by atoms with Crippen molar-refractivity contribution in [3.63, 3.8) is 0 Å². The van der Waals surface area contributed by atoms with Crippen LogP contribution in [0.25, 0.3) is 6.08 Å². The highest BCUT2D eigenvalue weighted by Crippen LogP contribution is 2.40. The number of methoxy groups -OCH3 is 2. The van der Waals surface area contributed by atoms with Crippen molar-refractivity contribution in [3.05, 3.63) is 81.9 Å². The minimum Gasteiger partial charge on any atom is -0.493 e. The first-order valence-electron chi connectivity index (χ1n) is 12.8. The average Bonchev–Trinajstić information content (AvgIpc) is 3.25. The summed E-state index contributed by atoms with van der Waals surface area (Å²) in [4.78, 5) is 44.2. The summed E-state index contributed by atoms with van der Waals surface area (Å²) < 4.78 is 29.3. The van der Waals surface area contributed by atoms with Gasteiger partial charge in [-0.15, -0.1) is 0 Å². The van der Waals surface area contributed by atoms with E-state index in [-0.39, 0.29) is 25.4 Å². The predicted octanol–water partition coefficient (Wildman–Crippen LogP) is 4.17. The Hall–Kier alpha value is -3.61. The van der Waals surface area contributed by atoms with Gasteiger partial charge in [0.2, 0.25) is 0 Å². The molecule has 4 rings (SSSR count). The number of carbonyl (C=O) groups is 2. The molecule has 42 heavy (non-hydrogen) atoms. The van der Waals surface area contributed by atoms with Crippen LogP contribution in [0.2, 0.25) is 5.02 Å². The zero-order valence-corrected chi connectivity index (χ0v) is 26.6. The van der Waals surface area contributed by atoms with Gasteiger partial charge in [-0.1, -0.05) is 38.9 Å². The van der Waals surface area contributed by atoms with Gasteiger partial charge in [-0.3, -0.25) is 9.36 Å². The summed E-state index contributed by atoms with van der Waals surface area (Å²) in [7, 11) is 3.02. The van der Waals surface area contributed by atoms with Crippen molar-refractivity contribution >= 4 is 56.9 Å². The van der Waals surface area contributed by atoms with Gasteiger partial charge in [0.25, 0.3) is 5.56 Å². The third kappa shape index (κ3) is 6.40. The molecule has 2 heterocycles. The van der Waals surface area contributed by atoms with E-state index in [1.54, 1.807) is 57.2 Å². The molecular formula is C29H28BrClN2O8S. The first-order valence-corrected chi connectivity index (χ1v) is 14.8. The third-order valence-corrected chi connectivity index (χ3v) is 8.13. The molecule has 10 nitrogen and oxygen atoms in total. The van der Waals surface area contributed by atoms with E-state index >= 15 is 0 Å². The summed E-state index contributed by atoms with van der Waals surface area (Å²) in [5, 5.41) is 0.407. The Kier molecular flexibility index (Phi) is 10.1. The normalized spacial score (nSPS) is 14.6. The first-order chi connectivity index (χ1) is 20.1. The van der Waals surface area contributed by atoms with Crippen molar-refractivity contribution in [2.75, 3.05) is 34.0 Å². The molecule has 0 bridgehead atoms. The topological polar surface area (TPSA) is 115 Å². The van der Waals surface area contributed by atoms with Gasteiger partial charge in [-0.2, -0.15) is 0 Å². The minimum absolute atomic E-state index is 0.142. The summed E-state index contributed by atoms with van der Waals surface area (Å²) in [6, 6.07) is 7.37. The molecule has 0 unspecified atom stereocenters. The number of esters is 2. The second kappa shape index (κ2) is 13.6. The van der Waals surface area contributed by atoms with Crippen LogP contribution >= 0.6 is 38.9 Å². The van der Waals surface area contributed by atoms with Crippen LogP contribution in [0, 0.1) is 0 Å². The second-order valence-electron chi connectivity index (χ2n) is 8.81. The Labute approximate surface area is 258 Å². The van der Waals surface area contributed by atoms with Crippen LogP contribution in [0.1, 0.15) is 37.9 Å². The summed E-state index contributed by atoms with van der Waals surface area (Å²) in [6.07, 6.45) is 1.61. The van der Waals surface area contributed by atoms with Crippen LogP contribution in [-0.4, -0.2) is 50.5 Å². The number of carbonyl (C=O) groups excluding carboxylic acids is 2. The molecule has 0 spiro atoms. The van der Waals surface area contributed by atoms with E-state index in [9.17, 15) is 14.4 Å². The van der Waals surface area contributed by atoms with Crippen LogP contribution in [-0.2, 0) is 19.1 Å². The first kappa shape index (κ1) is 31.3. The summed E-state index contributed by atoms with van der Waals surface area (Å²) in [5.41, 5.74) is 1.26. The second-order valence-corrected chi connectivity index (χ2v) is 11.1. The van der Waals surface area contributed by atoms with E-state index in [1.165, 1.54) is 18.8 Å².